The van der Waals surface area contributed by atoms with E-state index < -0.39 is 11.3 Å². The summed E-state index contributed by atoms with van der Waals surface area (Å²) >= 11 is 0. The number of carbonyl (C=O) groups is 1. The molecule has 1 saturated carbocycles. The zero-order valence-corrected chi connectivity index (χ0v) is 14.3. The highest BCUT2D eigenvalue weighted by molar-refractivity contribution is 5.75. The van der Waals surface area contributed by atoms with E-state index in [9.17, 15) is 13.6 Å². The van der Waals surface area contributed by atoms with Gasteiger partial charge in [-0.1, -0.05) is 6.07 Å². The molecular formula is C18H23F2N3O2. The molecule has 3 heterocycles. The Morgan fingerprint density at radius 3 is 2.68 bits per heavy atom. The van der Waals surface area contributed by atoms with Crippen molar-refractivity contribution >= 4 is 6.03 Å². The first-order chi connectivity index (χ1) is 12.0. The number of piperidine rings is 1. The van der Waals surface area contributed by atoms with Gasteiger partial charge in [0.25, 0.3) is 5.92 Å². The molecule has 2 amide bonds. The van der Waals surface area contributed by atoms with Crippen LogP contribution in [0.25, 0.3) is 0 Å². The molecule has 25 heavy (non-hydrogen) atoms. The Labute approximate surface area is 145 Å². The number of nitrogens with zero attached hydrogens (tertiary/aromatic N) is 2. The van der Waals surface area contributed by atoms with Crippen LogP contribution in [0, 0.1) is 5.41 Å². The number of pyridine rings is 1. The molecule has 7 heteroatoms. The fourth-order valence-corrected chi connectivity index (χ4v) is 4.70. The maximum absolute atomic E-state index is 13.7. The maximum Gasteiger partial charge on any atom is 0.317 e. The number of ether oxygens (including phenoxy) is 1. The van der Waals surface area contributed by atoms with Crippen LogP contribution in [0.5, 0.6) is 5.88 Å². The highest BCUT2D eigenvalue weighted by Crippen LogP contribution is 2.69. The van der Waals surface area contributed by atoms with Gasteiger partial charge < -0.3 is 15.0 Å². The van der Waals surface area contributed by atoms with Crippen LogP contribution in [-0.4, -0.2) is 47.6 Å². The van der Waals surface area contributed by atoms with Crippen molar-refractivity contribution in [1.29, 1.82) is 0 Å². The highest BCUT2D eigenvalue weighted by Gasteiger charge is 2.74. The number of carbonyl (C=O) groups excluding carboxylic acids is 1. The van der Waals surface area contributed by atoms with Crippen LogP contribution < -0.4 is 10.1 Å². The van der Waals surface area contributed by atoms with Gasteiger partial charge in [0.1, 0.15) is 0 Å². The molecule has 2 unspecified atom stereocenters. The summed E-state index contributed by atoms with van der Waals surface area (Å²) in [5.41, 5.74) is 0.113. The zero-order chi connectivity index (χ0) is 17.7. The summed E-state index contributed by atoms with van der Waals surface area (Å²) in [6.45, 7) is 0.470. The van der Waals surface area contributed by atoms with Gasteiger partial charge in [0, 0.05) is 42.2 Å². The molecule has 2 saturated heterocycles. The molecule has 2 atom stereocenters. The number of amides is 2. The van der Waals surface area contributed by atoms with Gasteiger partial charge >= 0.3 is 6.03 Å². The van der Waals surface area contributed by atoms with E-state index in [-0.39, 0.29) is 24.5 Å². The minimum Gasteiger partial charge on any atom is -0.481 e. The SMILES string of the molecule is COc1ncccc1CCNC(=O)N1C2CCC1CC1(C2)CC1(F)F. The second-order valence-electron chi connectivity index (χ2n) is 7.52. The second kappa shape index (κ2) is 5.81. The molecular weight excluding hydrogens is 328 g/mol. The second-order valence-corrected chi connectivity index (χ2v) is 7.52. The molecule has 2 aliphatic heterocycles. The first-order valence-electron chi connectivity index (χ1n) is 8.88. The average Bonchev–Trinajstić information content (AvgIpc) is 2.97. The number of hydrogen-bond acceptors (Lipinski definition) is 3. The molecule has 5 nitrogen and oxygen atoms in total. The molecule has 1 aliphatic carbocycles. The standard InChI is InChI=1S/C18H23F2N3O2/c1-25-15-12(3-2-7-21-15)6-8-22-16(24)23-13-4-5-14(23)10-17(9-13)11-18(17,19)20/h2-3,7,13-14H,4-6,8-11H2,1H3,(H,22,24). The van der Waals surface area contributed by atoms with Crippen molar-refractivity contribution < 1.29 is 18.3 Å². The predicted octanol–water partition coefficient (Wildman–Crippen LogP) is 2.99. The third-order valence-electron chi connectivity index (χ3n) is 6.03. The molecule has 3 fully saturated rings. The van der Waals surface area contributed by atoms with Gasteiger partial charge in [0.15, 0.2) is 0 Å². The van der Waals surface area contributed by atoms with Crippen molar-refractivity contribution in [1.82, 2.24) is 15.2 Å². The summed E-state index contributed by atoms with van der Waals surface area (Å²) in [7, 11) is 1.57. The number of aromatic nitrogens is 1. The van der Waals surface area contributed by atoms with Gasteiger partial charge in [0.05, 0.1) is 7.11 Å². The van der Waals surface area contributed by atoms with Crippen molar-refractivity contribution in [2.45, 2.75) is 56.5 Å². The Morgan fingerprint density at radius 2 is 2.08 bits per heavy atom. The van der Waals surface area contributed by atoms with Crippen molar-refractivity contribution in [2.75, 3.05) is 13.7 Å². The van der Waals surface area contributed by atoms with E-state index >= 15 is 0 Å². The molecule has 3 aliphatic rings. The quantitative estimate of drug-likeness (QED) is 0.907. The van der Waals surface area contributed by atoms with Crippen LogP contribution in [0.3, 0.4) is 0 Å². The summed E-state index contributed by atoms with van der Waals surface area (Å²) in [4.78, 5) is 18.5. The maximum atomic E-state index is 13.7. The van der Waals surface area contributed by atoms with E-state index in [0.717, 1.165) is 18.4 Å². The van der Waals surface area contributed by atoms with Crippen LogP contribution in [0.15, 0.2) is 18.3 Å². The van der Waals surface area contributed by atoms with Crippen molar-refractivity contribution in [3.63, 3.8) is 0 Å². The lowest BCUT2D eigenvalue weighted by atomic mass is 9.87. The van der Waals surface area contributed by atoms with Crippen LogP contribution in [0.2, 0.25) is 0 Å². The van der Waals surface area contributed by atoms with Gasteiger partial charge in [-0.05, 0) is 38.2 Å². The Morgan fingerprint density at radius 1 is 1.40 bits per heavy atom. The van der Waals surface area contributed by atoms with E-state index in [2.05, 4.69) is 10.3 Å². The Balaban J connectivity index is 1.34. The third kappa shape index (κ3) is 2.73. The number of alkyl halides is 2. The lowest BCUT2D eigenvalue weighted by Crippen LogP contribution is -2.52. The molecule has 0 aromatic carbocycles. The van der Waals surface area contributed by atoms with Crippen molar-refractivity contribution in [3.05, 3.63) is 23.9 Å². The Kier molecular flexibility index (Phi) is 3.85. The van der Waals surface area contributed by atoms with Crippen LogP contribution >= 0.6 is 0 Å². The molecule has 1 spiro atoms. The monoisotopic (exact) mass is 351 g/mol. The summed E-state index contributed by atoms with van der Waals surface area (Å²) in [5, 5.41) is 2.94. The number of fused-ring (bicyclic) bond motifs is 2. The van der Waals surface area contributed by atoms with Crippen molar-refractivity contribution in [2.24, 2.45) is 5.41 Å². The molecule has 0 radical (unpaired) electrons. The van der Waals surface area contributed by atoms with Gasteiger partial charge in [-0.15, -0.1) is 0 Å². The van der Waals surface area contributed by atoms with Gasteiger partial charge in [0.2, 0.25) is 5.88 Å². The van der Waals surface area contributed by atoms with Gasteiger partial charge in [-0.2, -0.15) is 0 Å². The molecule has 1 aromatic rings. The number of rotatable bonds is 4. The molecule has 4 rings (SSSR count). The Hall–Kier alpha value is -1.92. The van der Waals surface area contributed by atoms with Gasteiger partial charge in [-0.3, -0.25) is 0 Å². The minimum atomic E-state index is -2.52. The molecule has 136 valence electrons. The zero-order valence-electron chi connectivity index (χ0n) is 14.3. The number of methoxy groups -OCH3 is 1. The molecule has 1 aromatic heterocycles. The van der Waals surface area contributed by atoms with Gasteiger partial charge in [-0.25, -0.2) is 18.6 Å². The van der Waals surface area contributed by atoms with E-state index in [1.165, 1.54) is 0 Å². The third-order valence-corrected chi connectivity index (χ3v) is 6.03. The van der Waals surface area contributed by atoms with E-state index in [1.807, 2.05) is 17.0 Å². The summed E-state index contributed by atoms with van der Waals surface area (Å²) in [6.07, 6.45) is 4.85. The number of halogens is 2. The summed E-state index contributed by atoms with van der Waals surface area (Å²) < 4.78 is 32.6. The fourth-order valence-electron chi connectivity index (χ4n) is 4.70. The molecule has 1 N–H and O–H groups in total. The number of urea groups is 1. The minimum absolute atomic E-state index is 0.00323. The van der Waals surface area contributed by atoms with Crippen LogP contribution in [-0.2, 0) is 6.42 Å². The lowest BCUT2D eigenvalue weighted by molar-refractivity contribution is 0.0170. The normalized spacial score (nSPS) is 31.9. The topological polar surface area (TPSA) is 54.5 Å². The molecule has 2 bridgehead atoms. The van der Waals surface area contributed by atoms with E-state index in [1.54, 1.807) is 13.3 Å². The van der Waals surface area contributed by atoms with Crippen LogP contribution in [0.4, 0.5) is 13.6 Å². The number of nitrogens with one attached hydrogen (secondary N) is 1. The first-order valence-corrected chi connectivity index (χ1v) is 8.88. The Bertz CT molecular complexity index is 668. The summed E-state index contributed by atoms with van der Waals surface area (Å²) in [5.74, 6) is -1.96. The summed E-state index contributed by atoms with van der Waals surface area (Å²) in [6, 6.07) is 3.54. The van der Waals surface area contributed by atoms with Crippen molar-refractivity contribution in [3.8, 4) is 5.88 Å². The first kappa shape index (κ1) is 16.5. The predicted molar refractivity (Wildman–Crippen MR) is 87.8 cm³/mol. The van der Waals surface area contributed by atoms with E-state index in [4.69, 9.17) is 4.74 Å². The smallest absolute Gasteiger partial charge is 0.317 e. The highest BCUT2D eigenvalue weighted by atomic mass is 19.3. The number of hydrogen-bond donors (Lipinski definition) is 1. The lowest BCUT2D eigenvalue weighted by Gasteiger charge is -2.39. The van der Waals surface area contributed by atoms with Crippen LogP contribution in [0.1, 0.15) is 37.7 Å². The fraction of sp³-hybridized carbons (Fsp3) is 0.667. The average molecular weight is 351 g/mol. The van der Waals surface area contributed by atoms with E-state index in [0.29, 0.717) is 31.7 Å². The largest absolute Gasteiger partial charge is 0.481 e.